The van der Waals surface area contributed by atoms with E-state index >= 15 is 0 Å². The Morgan fingerprint density at radius 2 is 1.07 bits per heavy atom. The summed E-state index contributed by atoms with van der Waals surface area (Å²) in [6.45, 7) is 13.4. The number of H-pyrrole nitrogens is 1. The highest BCUT2D eigenvalue weighted by Gasteiger charge is 2.35. The topological polar surface area (TPSA) is 369 Å². The second kappa shape index (κ2) is 30.1. The van der Waals surface area contributed by atoms with Crippen LogP contribution < -0.4 is 48.3 Å². The SMILES string of the molecule is CC(C)CC(NC(=O)[CH]NC(=O)C(CCC(=O)O)NC(=O)C(Cc1c[nH]c2ccccc12)NC(=O)C(CO)NC(=O)C(CC(C)C)NC(=O)C(N)Cc1ccccc1)C(=O)NC(C(=O)NC(C(=O)O)C(C)C)C(C)C. The average Bonchev–Trinajstić information content (AvgIpc) is 3.75. The zero-order valence-electron chi connectivity index (χ0n) is 43.7. The van der Waals surface area contributed by atoms with Gasteiger partial charge in [0.25, 0.3) is 0 Å². The molecule has 1 radical (unpaired) electrons. The van der Waals surface area contributed by atoms with Crippen LogP contribution in [0, 0.1) is 30.2 Å². The van der Waals surface area contributed by atoms with Crippen molar-refractivity contribution in [3.63, 3.8) is 0 Å². The standard InChI is InChI=1S/C52H75N10O13/c1-27(2)20-37(49(71)61-43(29(5)6)51(73)62-44(30(7)8)52(74)75)56-41(64)25-55-46(68)36(18-19-42(65)66)57-48(70)39(23-32-24-54-35-17-13-12-16-33(32)35)59-50(72)40(26-63)60-47(69)38(21-28(3)4)58-45(67)34(53)22-31-14-10-9-11-15-31/h9-17,24-25,27-30,34,36-40,43-44,54,63H,18-23,26,53H2,1-8H3,(H,55,68)(H,56,64)(H,57,70)(H,58,67)(H,59,72)(H,60,69)(H,61,71)(H,62,73)(H,65,66)(H,74,75). The molecule has 411 valence electrons. The Labute approximate surface area is 436 Å². The molecule has 3 aromatic rings. The lowest BCUT2D eigenvalue weighted by Crippen LogP contribution is -2.60. The first-order valence-corrected chi connectivity index (χ1v) is 25.0. The van der Waals surface area contributed by atoms with Crippen LogP contribution in [0.3, 0.4) is 0 Å². The van der Waals surface area contributed by atoms with Crippen LogP contribution in [0.15, 0.2) is 60.8 Å². The molecule has 23 nitrogen and oxygen atoms in total. The minimum atomic E-state index is -1.66. The van der Waals surface area contributed by atoms with Crippen molar-refractivity contribution in [3.05, 3.63) is 78.5 Å². The molecule has 75 heavy (non-hydrogen) atoms. The summed E-state index contributed by atoms with van der Waals surface area (Å²) in [4.78, 5) is 136. The number of rotatable bonds is 31. The van der Waals surface area contributed by atoms with E-state index in [2.05, 4.69) is 47.5 Å². The molecule has 1 heterocycles. The Hall–Kier alpha value is -7.40. The number of carbonyl (C=O) groups is 10. The number of aromatic nitrogens is 1. The minimum Gasteiger partial charge on any atom is -0.481 e. The van der Waals surface area contributed by atoms with Crippen LogP contribution in [0.1, 0.15) is 92.2 Å². The van der Waals surface area contributed by atoms with Crippen LogP contribution in [0.5, 0.6) is 0 Å². The van der Waals surface area contributed by atoms with Gasteiger partial charge in [0.05, 0.1) is 12.6 Å². The van der Waals surface area contributed by atoms with Crippen molar-refractivity contribution >= 4 is 70.1 Å². The van der Waals surface area contributed by atoms with Crippen LogP contribution in [-0.2, 0) is 60.8 Å². The van der Waals surface area contributed by atoms with Crippen molar-refractivity contribution in [2.75, 3.05) is 6.61 Å². The van der Waals surface area contributed by atoms with E-state index in [1.807, 2.05) is 19.9 Å². The van der Waals surface area contributed by atoms with Gasteiger partial charge in [-0.1, -0.05) is 104 Å². The number of carbonyl (C=O) groups excluding carboxylic acids is 8. The molecule has 14 N–H and O–H groups in total. The number of fused-ring (bicyclic) bond motifs is 1. The van der Waals surface area contributed by atoms with Gasteiger partial charge in [0, 0.05) is 29.9 Å². The van der Waals surface area contributed by atoms with Gasteiger partial charge in [0.2, 0.25) is 47.3 Å². The largest absolute Gasteiger partial charge is 0.481 e. The molecule has 0 aliphatic carbocycles. The summed E-state index contributed by atoms with van der Waals surface area (Å²) in [5.41, 5.74) is 8.19. The Balaban J connectivity index is 1.82. The number of hydrogen-bond acceptors (Lipinski definition) is 12. The predicted molar refractivity (Wildman–Crippen MR) is 276 cm³/mol. The first-order valence-electron chi connectivity index (χ1n) is 25.0. The van der Waals surface area contributed by atoms with E-state index < -0.39 is 139 Å². The maximum atomic E-state index is 14.3. The molecule has 8 amide bonds. The van der Waals surface area contributed by atoms with Gasteiger partial charge in [-0.25, -0.2) is 4.79 Å². The van der Waals surface area contributed by atoms with Gasteiger partial charge in [0.1, 0.15) is 48.8 Å². The number of para-hydroxylation sites is 1. The van der Waals surface area contributed by atoms with Gasteiger partial charge in [-0.15, -0.1) is 0 Å². The fraction of sp³-hybridized carbons (Fsp3) is 0.519. The van der Waals surface area contributed by atoms with E-state index in [-0.39, 0.29) is 37.5 Å². The first-order chi connectivity index (χ1) is 35.3. The molecule has 1 aromatic heterocycles. The predicted octanol–water partition coefficient (Wildman–Crippen LogP) is 0.298. The molecule has 3 rings (SSSR count). The Bertz CT molecular complexity index is 2440. The number of aliphatic hydroxyl groups excluding tert-OH is 1. The molecular weight excluding hydrogens is 973 g/mol. The van der Waals surface area contributed by atoms with Crippen LogP contribution in [0.4, 0.5) is 0 Å². The highest BCUT2D eigenvalue weighted by Crippen LogP contribution is 2.20. The lowest BCUT2D eigenvalue weighted by molar-refractivity contribution is -0.144. The van der Waals surface area contributed by atoms with Gasteiger partial charge in [-0.05, 0) is 66.5 Å². The Morgan fingerprint density at radius 3 is 1.64 bits per heavy atom. The van der Waals surface area contributed by atoms with E-state index in [1.54, 1.807) is 96.3 Å². The molecule has 2 aromatic carbocycles. The van der Waals surface area contributed by atoms with Gasteiger partial charge in [-0.2, -0.15) is 0 Å². The lowest BCUT2D eigenvalue weighted by atomic mass is 9.98. The van der Waals surface area contributed by atoms with Gasteiger partial charge < -0.3 is 68.6 Å². The number of hydrogen-bond donors (Lipinski definition) is 13. The van der Waals surface area contributed by atoms with Crippen molar-refractivity contribution in [2.24, 2.45) is 29.4 Å². The molecule has 0 saturated heterocycles. The molecule has 8 unspecified atom stereocenters. The zero-order valence-corrected chi connectivity index (χ0v) is 43.7. The molecule has 8 atom stereocenters. The number of benzene rings is 2. The normalized spacial score (nSPS) is 14.6. The number of carboxylic acids is 2. The summed E-state index contributed by atoms with van der Waals surface area (Å²) < 4.78 is 0. The molecule has 0 saturated carbocycles. The Morgan fingerprint density at radius 1 is 0.560 bits per heavy atom. The van der Waals surface area contributed by atoms with E-state index in [4.69, 9.17) is 5.73 Å². The molecule has 0 aliphatic heterocycles. The number of aliphatic hydroxyl groups is 1. The average molecular weight is 1050 g/mol. The van der Waals surface area contributed by atoms with Gasteiger partial charge in [-0.3, -0.25) is 43.2 Å². The monoisotopic (exact) mass is 1050 g/mol. The van der Waals surface area contributed by atoms with Crippen LogP contribution >= 0.6 is 0 Å². The third kappa shape index (κ3) is 20.4. The summed E-state index contributed by atoms with van der Waals surface area (Å²) in [6.07, 6.45) is 0.604. The third-order valence-electron chi connectivity index (χ3n) is 12.0. The van der Waals surface area contributed by atoms with Crippen molar-refractivity contribution in [3.8, 4) is 0 Å². The van der Waals surface area contributed by atoms with Crippen LogP contribution in [0.25, 0.3) is 10.9 Å². The number of nitrogens with one attached hydrogen (secondary N) is 9. The lowest BCUT2D eigenvalue weighted by Gasteiger charge is -2.28. The smallest absolute Gasteiger partial charge is 0.326 e. The van der Waals surface area contributed by atoms with E-state index in [0.29, 0.717) is 23.0 Å². The third-order valence-corrected chi connectivity index (χ3v) is 12.0. The quantitative estimate of drug-likeness (QED) is 0.0412. The van der Waals surface area contributed by atoms with E-state index in [9.17, 15) is 63.3 Å². The van der Waals surface area contributed by atoms with Crippen LogP contribution in [0.2, 0.25) is 0 Å². The fourth-order valence-electron chi connectivity index (χ4n) is 7.92. The maximum absolute atomic E-state index is 14.3. The van der Waals surface area contributed by atoms with Crippen molar-refractivity contribution in [1.82, 2.24) is 47.5 Å². The number of aliphatic carboxylic acids is 2. The van der Waals surface area contributed by atoms with E-state index in [1.165, 1.54) is 0 Å². The minimum absolute atomic E-state index is 0.0657. The summed E-state index contributed by atoms with van der Waals surface area (Å²) in [5.74, 6) is -10.9. The number of amides is 8. The maximum Gasteiger partial charge on any atom is 0.326 e. The summed E-state index contributed by atoms with van der Waals surface area (Å²) in [7, 11) is 0. The van der Waals surface area contributed by atoms with Crippen LogP contribution in [-0.4, -0.2) is 134 Å². The van der Waals surface area contributed by atoms with E-state index in [0.717, 1.165) is 5.56 Å². The highest BCUT2D eigenvalue weighted by atomic mass is 16.4. The molecule has 0 bridgehead atoms. The fourth-order valence-corrected chi connectivity index (χ4v) is 7.92. The zero-order chi connectivity index (χ0) is 56.1. The number of carboxylic acid groups (broad SMARTS) is 2. The van der Waals surface area contributed by atoms with Crippen molar-refractivity contribution < 1.29 is 63.3 Å². The highest BCUT2D eigenvalue weighted by molar-refractivity contribution is 5.99. The second-order valence-electron chi connectivity index (χ2n) is 20.0. The molecule has 0 spiro atoms. The van der Waals surface area contributed by atoms with Crippen molar-refractivity contribution in [2.45, 2.75) is 142 Å². The molecule has 0 aliphatic rings. The summed E-state index contributed by atoms with van der Waals surface area (Å²) >= 11 is 0. The molecular formula is C52H75N10O13. The second-order valence-corrected chi connectivity index (χ2v) is 20.0. The first kappa shape index (κ1) is 61.9. The summed E-state index contributed by atoms with van der Waals surface area (Å²) in [6, 6.07) is 5.32. The number of aromatic amines is 1. The van der Waals surface area contributed by atoms with Gasteiger partial charge in [0.15, 0.2) is 0 Å². The Kier molecular flexibility index (Phi) is 24.8. The number of nitrogens with two attached hydrogens (primary N) is 1. The summed E-state index contributed by atoms with van der Waals surface area (Å²) in [5, 5.41) is 50.1. The molecule has 0 fully saturated rings. The van der Waals surface area contributed by atoms with Crippen molar-refractivity contribution in [1.29, 1.82) is 0 Å². The van der Waals surface area contributed by atoms with Gasteiger partial charge >= 0.3 is 11.9 Å². The molecule has 23 heteroatoms.